The third-order valence-corrected chi connectivity index (χ3v) is 15.1. The molecule has 10 nitrogen and oxygen atoms in total. The summed E-state index contributed by atoms with van der Waals surface area (Å²) in [6.45, 7) is 8.26. The average Bonchev–Trinajstić information content (AvgIpc) is 4.15. The molecule has 3 fully saturated rings. The maximum atomic E-state index is 12.9. The van der Waals surface area contributed by atoms with E-state index in [0.29, 0.717) is 28.4 Å². The molecule has 3 aliphatic rings. The number of methoxy groups -OCH3 is 1. The van der Waals surface area contributed by atoms with Crippen LogP contribution in [0.3, 0.4) is 0 Å². The van der Waals surface area contributed by atoms with Gasteiger partial charge in [0.1, 0.15) is 6.61 Å². The Morgan fingerprint density at radius 2 is 1.46 bits per heavy atom. The largest absolute Gasteiger partial charge is 0.493 e. The van der Waals surface area contributed by atoms with Gasteiger partial charge in [0.25, 0.3) is 0 Å². The number of piperidine rings is 2. The molecule has 0 spiro atoms. The van der Waals surface area contributed by atoms with Crippen LogP contribution in [0.5, 0.6) is 11.5 Å². The number of pyridine rings is 2. The number of anilines is 2. The van der Waals surface area contributed by atoms with E-state index in [1.165, 1.54) is 0 Å². The third-order valence-electron chi connectivity index (χ3n) is 12.2. The summed E-state index contributed by atoms with van der Waals surface area (Å²) in [5.74, 6) is 2.40. The lowest BCUT2D eigenvalue weighted by Gasteiger charge is -2.32. The van der Waals surface area contributed by atoms with Crippen molar-refractivity contribution in [1.29, 1.82) is 5.26 Å². The molecule has 2 aliphatic heterocycles. The third kappa shape index (κ3) is 9.36. The maximum Gasteiger partial charge on any atom is 0.162 e. The molecule has 2 saturated heterocycles. The Hall–Kier alpha value is -5.19. The van der Waals surface area contributed by atoms with E-state index in [9.17, 15) is 9.47 Å². The molecule has 4 aromatic carbocycles. The fourth-order valence-electron chi connectivity index (χ4n) is 8.65. The summed E-state index contributed by atoms with van der Waals surface area (Å²) in [5, 5.41) is 22.0. The summed E-state index contributed by atoms with van der Waals surface area (Å²) in [4.78, 5) is 9.39. The molecular weight excluding hydrogens is 799 g/mol. The van der Waals surface area contributed by atoms with E-state index in [2.05, 4.69) is 91.8 Å². The molecule has 61 heavy (non-hydrogen) atoms. The Morgan fingerprint density at radius 3 is 2.13 bits per heavy atom. The van der Waals surface area contributed by atoms with Crippen molar-refractivity contribution in [3.63, 3.8) is 0 Å². The summed E-state index contributed by atoms with van der Waals surface area (Å²) in [5.41, 5.74) is 8.76. The van der Waals surface area contributed by atoms with Crippen molar-refractivity contribution in [1.82, 2.24) is 18.6 Å². The Morgan fingerprint density at radius 1 is 0.787 bits per heavy atom. The monoisotopic (exact) mass is 851 g/mol. The summed E-state index contributed by atoms with van der Waals surface area (Å²) < 4.78 is 29.9. The van der Waals surface area contributed by atoms with Crippen LogP contribution in [-0.2, 0) is 17.6 Å². The normalized spacial score (nSPS) is 17.3. The molecule has 1 saturated carbocycles. The fraction of sp³-hybridized carbons (Fsp3) is 0.367. The predicted octanol–water partition coefficient (Wildman–Crippen LogP) is 10.1. The van der Waals surface area contributed by atoms with Crippen molar-refractivity contribution in [2.24, 2.45) is 0 Å². The minimum atomic E-state index is -0.860. The summed E-state index contributed by atoms with van der Waals surface area (Å²) in [7, 11) is 0.810. The van der Waals surface area contributed by atoms with Gasteiger partial charge in [-0.05, 0) is 139 Å². The molecule has 1 aliphatic carbocycles. The number of nitrogens with one attached hydrogen (secondary N) is 2. The highest BCUT2D eigenvalue weighted by Crippen LogP contribution is 2.38. The van der Waals surface area contributed by atoms with Crippen LogP contribution < -0.4 is 20.1 Å². The number of aromatic nitrogens is 2. The van der Waals surface area contributed by atoms with E-state index in [-0.39, 0.29) is 12.6 Å². The minimum Gasteiger partial charge on any atom is -0.493 e. The van der Waals surface area contributed by atoms with Crippen LogP contribution in [-0.4, -0.2) is 79.2 Å². The summed E-state index contributed by atoms with van der Waals surface area (Å²) in [6, 6.07) is 28.1. The molecule has 2 aromatic heterocycles. The lowest BCUT2D eigenvalue weighted by atomic mass is 9.96. The molecule has 12 heteroatoms. The Balaban J connectivity index is 0.975. The molecule has 314 valence electrons. The highest BCUT2D eigenvalue weighted by Gasteiger charge is 2.34. The predicted molar refractivity (Wildman–Crippen MR) is 250 cm³/mol. The van der Waals surface area contributed by atoms with Crippen LogP contribution in [0.2, 0.25) is 0 Å². The number of hydrogen-bond donors (Lipinski definition) is 2. The van der Waals surface area contributed by atoms with Gasteiger partial charge in [0, 0.05) is 90.0 Å². The molecular formula is C49H53N7O3S2. The second kappa shape index (κ2) is 18.4. The van der Waals surface area contributed by atoms with Gasteiger partial charge in [-0.25, -0.2) is 8.51 Å². The van der Waals surface area contributed by atoms with Gasteiger partial charge in [0.15, 0.2) is 11.5 Å². The van der Waals surface area contributed by atoms with E-state index in [1.807, 2.05) is 55.7 Å². The first kappa shape index (κ1) is 41.2. The van der Waals surface area contributed by atoms with Gasteiger partial charge in [-0.2, -0.15) is 5.26 Å². The first-order valence-corrected chi connectivity index (χ1v) is 23.7. The van der Waals surface area contributed by atoms with E-state index in [0.717, 1.165) is 137 Å². The Kier molecular flexibility index (Phi) is 12.4. The van der Waals surface area contributed by atoms with Gasteiger partial charge in [0.2, 0.25) is 0 Å². The van der Waals surface area contributed by atoms with Crippen molar-refractivity contribution in [2.75, 3.05) is 49.7 Å². The number of aryl methyl sites for hydroxylation is 1. The van der Waals surface area contributed by atoms with E-state index in [4.69, 9.17) is 14.5 Å². The zero-order chi connectivity index (χ0) is 41.9. The van der Waals surface area contributed by atoms with Crippen molar-refractivity contribution in [3.05, 3.63) is 108 Å². The standard InChI is InChI=1S/C49H53N7O3S2/c1-4-60-55-17-12-40(13-18-55)53-46-25-37(22-35-11-16-51-29-44(35)46)34-7-10-48(58-3)49(27-34)59-31-42-24-39-23-38(33-5-6-36(28-50)32(2)21-33)26-47(45(39)30-52-42)54-41-14-19-56(20-15-41)61(57)43-8-9-43/h5-7,10-11,16,21-27,29-30,40-41,43,53-54H,4,8-9,12-15,17-20,31H2,1-3H3. The van der Waals surface area contributed by atoms with Crippen LogP contribution in [0.25, 0.3) is 43.8 Å². The first-order valence-electron chi connectivity index (χ1n) is 21.5. The van der Waals surface area contributed by atoms with Gasteiger partial charge < -0.3 is 20.1 Å². The van der Waals surface area contributed by atoms with Gasteiger partial charge in [-0.1, -0.05) is 37.1 Å². The number of benzene rings is 4. The molecule has 4 heterocycles. The molecule has 2 N–H and O–H groups in total. The van der Waals surface area contributed by atoms with E-state index < -0.39 is 11.0 Å². The van der Waals surface area contributed by atoms with Crippen molar-refractivity contribution in [3.8, 4) is 39.8 Å². The topological polar surface area (TPSA) is 116 Å². The number of ether oxygens (including phenoxy) is 2. The smallest absolute Gasteiger partial charge is 0.162 e. The molecule has 1 unspecified atom stereocenters. The van der Waals surface area contributed by atoms with Crippen LogP contribution in [0.15, 0.2) is 91.4 Å². The quantitative estimate of drug-likeness (QED) is 0.103. The highest BCUT2D eigenvalue weighted by atomic mass is 32.2. The summed E-state index contributed by atoms with van der Waals surface area (Å²) in [6.07, 6.45) is 12.0. The average molecular weight is 852 g/mol. The fourth-order valence-corrected chi connectivity index (χ4v) is 11.0. The van der Waals surface area contributed by atoms with Crippen molar-refractivity contribution in [2.45, 2.75) is 76.3 Å². The van der Waals surface area contributed by atoms with Crippen molar-refractivity contribution >= 4 is 55.9 Å². The molecule has 0 amide bonds. The second-order valence-corrected chi connectivity index (χ2v) is 19.5. The minimum absolute atomic E-state index is 0.251. The van der Waals surface area contributed by atoms with E-state index in [1.54, 1.807) is 7.11 Å². The lowest BCUT2D eigenvalue weighted by Crippen LogP contribution is -2.41. The molecule has 0 bridgehead atoms. The molecule has 6 aromatic rings. The Bertz CT molecular complexity index is 2610. The zero-order valence-electron chi connectivity index (χ0n) is 35.2. The van der Waals surface area contributed by atoms with E-state index >= 15 is 0 Å². The number of rotatable bonds is 14. The highest BCUT2D eigenvalue weighted by molar-refractivity contribution is 7.96. The van der Waals surface area contributed by atoms with Gasteiger partial charge >= 0.3 is 0 Å². The molecule has 9 rings (SSSR count). The summed E-state index contributed by atoms with van der Waals surface area (Å²) >= 11 is 1.93. The SMILES string of the molecule is CCSN1CCC(Nc2cc(-c3ccc(OC)c(OCc4cc5cc(-c6ccc(C#N)c(C)c6)cc(NC6CCN(S(=O)C7CC7)CC6)c5cn4)c3)cc3ccncc23)CC1. The van der Waals surface area contributed by atoms with Crippen LogP contribution in [0, 0.1) is 18.3 Å². The number of nitrogens with zero attached hydrogens (tertiary/aromatic N) is 5. The molecule has 1 atom stereocenters. The van der Waals surface area contributed by atoms with Gasteiger partial charge in [-0.15, -0.1) is 0 Å². The number of hydrogen-bond acceptors (Lipinski definition) is 10. The van der Waals surface area contributed by atoms with Crippen LogP contribution in [0.4, 0.5) is 11.4 Å². The first-order chi connectivity index (χ1) is 29.8. The lowest BCUT2D eigenvalue weighted by molar-refractivity contribution is 0.281. The second-order valence-electron chi connectivity index (χ2n) is 16.4. The Labute approximate surface area is 365 Å². The maximum absolute atomic E-state index is 12.9. The van der Waals surface area contributed by atoms with Crippen molar-refractivity contribution < 1.29 is 13.7 Å². The number of nitriles is 1. The van der Waals surface area contributed by atoms with Gasteiger partial charge in [-0.3, -0.25) is 14.3 Å². The zero-order valence-corrected chi connectivity index (χ0v) is 36.8. The molecule has 0 radical (unpaired) electrons. The van der Waals surface area contributed by atoms with Crippen LogP contribution in [0.1, 0.15) is 62.3 Å². The van der Waals surface area contributed by atoms with Crippen LogP contribution >= 0.6 is 11.9 Å². The number of fused-ring (bicyclic) bond motifs is 2. The van der Waals surface area contributed by atoms with Gasteiger partial charge in [0.05, 0.1) is 35.4 Å².